The van der Waals surface area contributed by atoms with Crippen molar-refractivity contribution in [2.75, 3.05) is 44.5 Å². The molecule has 0 saturated carbocycles. The number of hydrogen-bond donors (Lipinski definition) is 3. The predicted octanol–water partition coefficient (Wildman–Crippen LogP) is 4.58. The van der Waals surface area contributed by atoms with E-state index in [4.69, 9.17) is 14.2 Å². The fraction of sp³-hybridized carbons (Fsp3) is 0.609. The third-order valence-corrected chi connectivity index (χ3v) is 4.60. The number of carbonyl (C=O) groups excluding carboxylic acids is 1. The molecule has 0 aliphatic rings. The number of fused-ring (bicyclic) bond motifs is 1. The lowest BCUT2D eigenvalue weighted by molar-refractivity contribution is 0.0530. The molecule has 0 saturated heterocycles. The molecule has 0 radical (unpaired) electrons. The number of benzene rings is 1. The van der Waals surface area contributed by atoms with Crippen molar-refractivity contribution >= 4 is 28.8 Å². The molecule has 0 aliphatic carbocycles. The summed E-state index contributed by atoms with van der Waals surface area (Å²) < 4.78 is 16.1. The maximum absolute atomic E-state index is 11.9. The Balaban J connectivity index is 2.15. The van der Waals surface area contributed by atoms with Gasteiger partial charge >= 0.3 is 6.09 Å². The highest BCUT2D eigenvalue weighted by molar-refractivity contribution is 5.92. The van der Waals surface area contributed by atoms with E-state index in [1.54, 1.807) is 14.2 Å². The van der Waals surface area contributed by atoms with E-state index in [1.807, 2.05) is 32.9 Å². The molecule has 0 fully saturated rings. The molecule has 1 amide bonds. The third-order valence-electron chi connectivity index (χ3n) is 4.60. The maximum Gasteiger partial charge on any atom is 0.407 e. The van der Waals surface area contributed by atoms with E-state index < -0.39 is 11.7 Å². The van der Waals surface area contributed by atoms with Crippen molar-refractivity contribution in [3.8, 4) is 11.5 Å². The quantitative estimate of drug-likeness (QED) is 0.406. The van der Waals surface area contributed by atoms with E-state index in [2.05, 4.69) is 32.8 Å². The normalized spacial score (nSPS) is 11.2. The van der Waals surface area contributed by atoms with Gasteiger partial charge in [0.1, 0.15) is 11.4 Å². The van der Waals surface area contributed by atoms with E-state index in [-0.39, 0.29) is 0 Å². The molecule has 0 unspecified atom stereocenters. The van der Waals surface area contributed by atoms with Crippen LogP contribution < -0.4 is 25.4 Å². The van der Waals surface area contributed by atoms with Crippen LogP contribution in [0.3, 0.4) is 0 Å². The van der Waals surface area contributed by atoms with Crippen LogP contribution in [-0.4, -0.2) is 55.5 Å². The van der Waals surface area contributed by atoms with Crippen LogP contribution in [0.1, 0.15) is 53.4 Å². The minimum Gasteiger partial charge on any atom is -0.493 e. The lowest BCUT2D eigenvalue weighted by Crippen LogP contribution is -2.35. The van der Waals surface area contributed by atoms with Crippen LogP contribution in [0, 0.1) is 0 Å². The maximum atomic E-state index is 11.9. The Morgan fingerprint density at radius 3 is 2.31 bits per heavy atom. The summed E-state index contributed by atoms with van der Waals surface area (Å²) in [6, 6.07) is 3.69. The number of rotatable bonds is 12. The molecule has 1 aromatic heterocycles. The minimum absolute atomic E-state index is 0.382. The van der Waals surface area contributed by atoms with Crippen molar-refractivity contribution in [1.29, 1.82) is 0 Å². The van der Waals surface area contributed by atoms with Crippen molar-refractivity contribution in [3.63, 3.8) is 0 Å². The second-order valence-corrected chi connectivity index (χ2v) is 8.46. The standard InChI is InChI=1S/C23H37N5O4/c1-7-8-9-10-11-25-21-27-17-15-19(31-6)18(30-5)14-16(17)20(28-21)24-12-13-26-22(29)32-23(2,3)4/h14-15H,7-13H2,1-6H3,(H,26,29)(H2,24,25,27,28). The first-order chi connectivity index (χ1) is 15.3. The molecule has 0 spiro atoms. The van der Waals surface area contributed by atoms with Gasteiger partial charge in [-0.1, -0.05) is 26.2 Å². The largest absolute Gasteiger partial charge is 0.493 e. The molecular formula is C23H37N5O4. The number of nitrogens with one attached hydrogen (secondary N) is 3. The Morgan fingerprint density at radius 2 is 1.66 bits per heavy atom. The number of methoxy groups -OCH3 is 2. The molecule has 2 rings (SSSR count). The molecule has 0 atom stereocenters. The van der Waals surface area contributed by atoms with Crippen LogP contribution in [-0.2, 0) is 4.74 Å². The highest BCUT2D eigenvalue weighted by Gasteiger charge is 2.16. The summed E-state index contributed by atoms with van der Waals surface area (Å²) in [4.78, 5) is 21.2. The molecular weight excluding hydrogens is 410 g/mol. The van der Waals surface area contributed by atoms with Gasteiger partial charge in [-0.2, -0.15) is 4.98 Å². The zero-order valence-electron chi connectivity index (χ0n) is 20.1. The van der Waals surface area contributed by atoms with Gasteiger partial charge in [0.15, 0.2) is 11.5 Å². The highest BCUT2D eigenvalue weighted by Crippen LogP contribution is 2.34. The van der Waals surface area contributed by atoms with Gasteiger partial charge in [0.25, 0.3) is 0 Å². The van der Waals surface area contributed by atoms with E-state index in [9.17, 15) is 4.79 Å². The lowest BCUT2D eigenvalue weighted by atomic mass is 10.2. The van der Waals surface area contributed by atoms with Crippen molar-refractivity contribution in [1.82, 2.24) is 15.3 Å². The fourth-order valence-corrected chi connectivity index (χ4v) is 3.08. The molecule has 178 valence electrons. The Morgan fingerprint density at radius 1 is 0.938 bits per heavy atom. The number of unbranched alkanes of at least 4 members (excludes halogenated alkanes) is 3. The van der Waals surface area contributed by atoms with E-state index in [0.717, 1.165) is 23.9 Å². The van der Waals surface area contributed by atoms with Gasteiger partial charge in [0.05, 0.1) is 19.7 Å². The Labute approximate surface area is 190 Å². The second-order valence-electron chi connectivity index (χ2n) is 8.46. The summed E-state index contributed by atoms with van der Waals surface area (Å²) in [7, 11) is 3.19. The van der Waals surface area contributed by atoms with Crippen molar-refractivity contribution in [3.05, 3.63) is 12.1 Å². The molecule has 0 bridgehead atoms. The van der Waals surface area contributed by atoms with Gasteiger partial charge in [-0.3, -0.25) is 0 Å². The summed E-state index contributed by atoms with van der Waals surface area (Å²) >= 11 is 0. The molecule has 0 aliphatic heterocycles. The zero-order chi connectivity index (χ0) is 23.6. The minimum atomic E-state index is -0.534. The number of carbonyl (C=O) groups is 1. The van der Waals surface area contributed by atoms with E-state index in [0.29, 0.717) is 36.4 Å². The summed E-state index contributed by atoms with van der Waals surface area (Å²) in [6.07, 6.45) is 4.19. The van der Waals surface area contributed by atoms with Crippen LogP contribution in [0.5, 0.6) is 11.5 Å². The summed E-state index contributed by atoms with van der Waals surface area (Å²) in [6.45, 7) is 9.33. The van der Waals surface area contributed by atoms with Gasteiger partial charge in [-0.05, 0) is 33.3 Å². The number of alkyl carbamates (subject to hydrolysis) is 1. The predicted molar refractivity (Wildman–Crippen MR) is 128 cm³/mol. The average molecular weight is 448 g/mol. The van der Waals surface area contributed by atoms with Gasteiger partial charge in [0, 0.05) is 31.1 Å². The van der Waals surface area contributed by atoms with Crippen LogP contribution in [0.2, 0.25) is 0 Å². The highest BCUT2D eigenvalue weighted by atomic mass is 16.6. The molecule has 1 aromatic carbocycles. The SMILES string of the molecule is CCCCCCNc1nc(NCCNC(=O)OC(C)(C)C)c2cc(OC)c(OC)cc2n1. The Hall–Kier alpha value is -2.97. The lowest BCUT2D eigenvalue weighted by Gasteiger charge is -2.20. The van der Waals surface area contributed by atoms with Crippen molar-refractivity contribution < 1.29 is 19.0 Å². The number of hydrogen-bond acceptors (Lipinski definition) is 8. The van der Waals surface area contributed by atoms with Crippen LogP contribution in [0.15, 0.2) is 12.1 Å². The van der Waals surface area contributed by atoms with Crippen LogP contribution in [0.25, 0.3) is 10.9 Å². The van der Waals surface area contributed by atoms with Gasteiger partial charge in [0.2, 0.25) is 5.95 Å². The summed E-state index contributed by atoms with van der Waals surface area (Å²) in [5.41, 5.74) is 0.199. The average Bonchev–Trinajstić information content (AvgIpc) is 2.74. The van der Waals surface area contributed by atoms with Crippen molar-refractivity contribution in [2.24, 2.45) is 0 Å². The molecule has 3 N–H and O–H groups in total. The molecule has 9 heteroatoms. The summed E-state index contributed by atoms with van der Waals surface area (Å²) in [5, 5.41) is 10.1. The second kappa shape index (κ2) is 12.2. The number of ether oxygens (including phenoxy) is 3. The van der Waals surface area contributed by atoms with E-state index in [1.165, 1.54) is 19.3 Å². The monoisotopic (exact) mass is 447 g/mol. The van der Waals surface area contributed by atoms with Gasteiger partial charge in [-0.15, -0.1) is 0 Å². The molecule has 1 heterocycles. The molecule has 9 nitrogen and oxygen atoms in total. The number of aromatic nitrogens is 2. The number of amides is 1. The van der Waals surface area contributed by atoms with Gasteiger partial charge < -0.3 is 30.2 Å². The fourth-order valence-electron chi connectivity index (χ4n) is 3.08. The molecule has 32 heavy (non-hydrogen) atoms. The first-order valence-electron chi connectivity index (χ1n) is 11.2. The first-order valence-corrected chi connectivity index (χ1v) is 11.2. The van der Waals surface area contributed by atoms with Crippen molar-refractivity contribution in [2.45, 2.75) is 59.0 Å². The summed E-state index contributed by atoms with van der Waals surface area (Å²) in [5.74, 6) is 2.39. The van der Waals surface area contributed by atoms with Crippen LogP contribution in [0.4, 0.5) is 16.6 Å². The smallest absolute Gasteiger partial charge is 0.407 e. The van der Waals surface area contributed by atoms with E-state index >= 15 is 0 Å². The van der Waals surface area contributed by atoms with Gasteiger partial charge in [-0.25, -0.2) is 9.78 Å². The topological polar surface area (TPSA) is 107 Å². The molecule has 2 aromatic rings. The Kier molecular flexibility index (Phi) is 9.61. The first kappa shape index (κ1) is 25.3. The third kappa shape index (κ3) is 7.94. The number of nitrogens with zero attached hydrogens (tertiary/aromatic N) is 2. The number of anilines is 2. The Bertz CT molecular complexity index is 883. The zero-order valence-corrected chi connectivity index (χ0v) is 20.1. The van der Waals surface area contributed by atoms with Crippen LogP contribution >= 0.6 is 0 Å².